The lowest BCUT2D eigenvalue weighted by atomic mass is 10.4. The zero-order chi connectivity index (χ0) is 7.40. The first-order valence-electron chi connectivity index (χ1n) is 3.24. The highest BCUT2D eigenvalue weighted by atomic mass is 32.1. The maximum Gasteiger partial charge on any atom is 0.259 e. The van der Waals surface area contributed by atoms with Crippen molar-refractivity contribution < 1.29 is 4.74 Å². The van der Waals surface area contributed by atoms with Crippen LogP contribution in [0.1, 0.15) is 6.42 Å². The summed E-state index contributed by atoms with van der Waals surface area (Å²) in [5.74, 6) is 0. The van der Waals surface area contributed by atoms with Crippen molar-refractivity contribution in [2.75, 3.05) is 13.2 Å². The van der Waals surface area contributed by atoms with Crippen molar-refractivity contribution in [1.29, 1.82) is 0 Å². The molecule has 1 fully saturated rings. The van der Waals surface area contributed by atoms with Crippen molar-refractivity contribution in [3.63, 3.8) is 0 Å². The van der Waals surface area contributed by atoms with Gasteiger partial charge in [-0.25, -0.2) is 0 Å². The standard InChI is InChI=1S/C7H10NOS/c1-2-4-8-5-3-6-9-7(8)10/h2,4H,1,3,5-6H2. The van der Waals surface area contributed by atoms with Crippen LogP contribution >= 0.6 is 12.2 Å². The van der Waals surface area contributed by atoms with Gasteiger partial charge in [-0.05, 0) is 18.6 Å². The smallest absolute Gasteiger partial charge is 0.259 e. The number of hydrogen-bond acceptors (Lipinski definition) is 2. The first kappa shape index (κ1) is 7.54. The van der Waals surface area contributed by atoms with Crippen molar-refractivity contribution in [2.24, 2.45) is 0 Å². The Balaban J connectivity index is 2.39. The molecule has 0 unspecified atom stereocenters. The molecule has 0 spiro atoms. The Morgan fingerprint density at radius 1 is 1.70 bits per heavy atom. The highest BCUT2D eigenvalue weighted by Gasteiger charge is 2.13. The van der Waals surface area contributed by atoms with Crippen LogP contribution in [0.4, 0.5) is 0 Å². The third-order valence-electron chi connectivity index (χ3n) is 1.29. The number of nitrogens with zero attached hydrogens (tertiary/aromatic N) is 1. The van der Waals surface area contributed by atoms with Gasteiger partial charge >= 0.3 is 0 Å². The summed E-state index contributed by atoms with van der Waals surface area (Å²) >= 11 is 4.92. The monoisotopic (exact) mass is 156 g/mol. The molecule has 1 aliphatic heterocycles. The van der Waals surface area contributed by atoms with E-state index in [1.54, 1.807) is 6.08 Å². The Morgan fingerprint density at radius 2 is 2.50 bits per heavy atom. The van der Waals surface area contributed by atoms with E-state index in [9.17, 15) is 0 Å². The molecule has 0 aromatic carbocycles. The van der Waals surface area contributed by atoms with E-state index >= 15 is 0 Å². The normalized spacial score (nSPS) is 18.4. The molecular weight excluding hydrogens is 146 g/mol. The minimum absolute atomic E-state index is 0.561. The fourth-order valence-corrected chi connectivity index (χ4v) is 1.07. The van der Waals surface area contributed by atoms with Crippen LogP contribution < -0.4 is 0 Å². The molecule has 0 amide bonds. The zero-order valence-electron chi connectivity index (χ0n) is 5.75. The van der Waals surface area contributed by atoms with Crippen molar-refractivity contribution in [2.45, 2.75) is 6.42 Å². The van der Waals surface area contributed by atoms with E-state index in [4.69, 9.17) is 17.0 Å². The van der Waals surface area contributed by atoms with Gasteiger partial charge < -0.3 is 9.64 Å². The predicted octanol–water partition coefficient (Wildman–Crippen LogP) is 1.34. The Kier molecular flexibility index (Phi) is 2.68. The van der Waals surface area contributed by atoms with Gasteiger partial charge in [0.2, 0.25) is 0 Å². The van der Waals surface area contributed by atoms with Gasteiger partial charge in [0.05, 0.1) is 13.2 Å². The average molecular weight is 156 g/mol. The van der Waals surface area contributed by atoms with Gasteiger partial charge in [-0.1, -0.05) is 6.08 Å². The Bertz CT molecular complexity index is 147. The Morgan fingerprint density at radius 3 is 3.10 bits per heavy atom. The molecule has 1 rings (SSSR count). The molecule has 10 heavy (non-hydrogen) atoms. The molecule has 55 valence electrons. The highest BCUT2D eigenvalue weighted by Crippen LogP contribution is 2.06. The van der Waals surface area contributed by atoms with Crippen LogP contribution in [0.3, 0.4) is 0 Å². The molecule has 2 nitrogen and oxygen atoms in total. The molecule has 0 atom stereocenters. The lowest BCUT2D eigenvalue weighted by Gasteiger charge is -2.27. The minimum Gasteiger partial charge on any atom is -0.471 e. The van der Waals surface area contributed by atoms with Gasteiger partial charge in [0, 0.05) is 6.54 Å². The van der Waals surface area contributed by atoms with Gasteiger partial charge in [-0.2, -0.15) is 0 Å². The SMILES string of the molecule is C=C[CH]N1CCCOC1=S. The molecule has 3 heteroatoms. The topological polar surface area (TPSA) is 12.5 Å². The number of rotatable bonds is 2. The first-order chi connectivity index (χ1) is 4.84. The second-order valence-electron chi connectivity index (χ2n) is 2.05. The van der Waals surface area contributed by atoms with E-state index in [-0.39, 0.29) is 0 Å². The van der Waals surface area contributed by atoms with E-state index in [1.165, 1.54) is 0 Å². The second kappa shape index (κ2) is 3.56. The zero-order valence-corrected chi connectivity index (χ0v) is 6.56. The predicted molar refractivity (Wildman–Crippen MR) is 44.4 cm³/mol. The van der Waals surface area contributed by atoms with Crippen molar-refractivity contribution in [1.82, 2.24) is 4.90 Å². The summed E-state index contributed by atoms with van der Waals surface area (Å²) in [4.78, 5) is 1.88. The van der Waals surface area contributed by atoms with Gasteiger partial charge in [-0.15, -0.1) is 6.58 Å². The van der Waals surface area contributed by atoms with Crippen molar-refractivity contribution >= 4 is 17.4 Å². The third-order valence-corrected chi connectivity index (χ3v) is 1.64. The number of ether oxygens (including phenoxy) is 1. The quantitative estimate of drug-likeness (QED) is 0.560. The van der Waals surface area contributed by atoms with Gasteiger partial charge in [0.1, 0.15) is 0 Å². The summed E-state index contributed by atoms with van der Waals surface area (Å²) in [6.07, 6.45) is 2.74. The van der Waals surface area contributed by atoms with Crippen LogP contribution in [-0.4, -0.2) is 23.2 Å². The van der Waals surface area contributed by atoms with E-state index in [1.807, 2.05) is 11.4 Å². The lowest BCUT2D eigenvalue weighted by molar-refractivity contribution is 0.206. The first-order valence-corrected chi connectivity index (χ1v) is 3.64. The molecule has 1 saturated heterocycles. The molecule has 1 heterocycles. The van der Waals surface area contributed by atoms with E-state index in [0.717, 1.165) is 19.6 Å². The third kappa shape index (κ3) is 1.70. The molecule has 1 radical (unpaired) electrons. The number of thiocarbonyl (C=S) groups is 1. The summed E-state index contributed by atoms with van der Waals surface area (Å²) in [6.45, 7) is 7.11. The second-order valence-corrected chi connectivity index (χ2v) is 2.40. The van der Waals surface area contributed by atoms with E-state index < -0.39 is 0 Å². The molecule has 0 N–H and O–H groups in total. The minimum atomic E-state index is 0.561. The molecule has 1 aliphatic rings. The largest absolute Gasteiger partial charge is 0.471 e. The summed E-state index contributed by atoms with van der Waals surface area (Å²) in [7, 11) is 0. The molecule has 0 aromatic heterocycles. The maximum atomic E-state index is 5.12. The van der Waals surface area contributed by atoms with Crippen LogP contribution in [0.5, 0.6) is 0 Å². The summed E-state index contributed by atoms with van der Waals surface area (Å²) < 4.78 is 5.12. The number of hydrogen-bond donors (Lipinski definition) is 0. The van der Waals surface area contributed by atoms with E-state index in [0.29, 0.717) is 5.17 Å². The van der Waals surface area contributed by atoms with Crippen LogP contribution in [-0.2, 0) is 4.74 Å². The van der Waals surface area contributed by atoms with Gasteiger partial charge in [0.15, 0.2) is 0 Å². The molecular formula is C7H10NOS. The molecule has 0 saturated carbocycles. The van der Waals surface area contributed by atoms with Gasteiger partial charge in [-0.3, -0.25) is 0 Å². The lowest BCUT2D eigenvalue weighted by Crippen LogP contribution is -2.34. The molecule has 0 bridgehead atoms. The molecule has 0 aliphatic carbocycles. The molecule has 0 aromatic rings. The highest BCUT2D eigenvalue weighted by molar-refractivity contribution is 7.80. The maximum absolute atomic E-state index is 5.12. The van der Waals surface area contributed by atoms with Crippen LogP contribution in [0.15, 0.2) is 12.7 Å². The Labute approximate surface area is 66.5 Å². The van der Waals surface area contributed by atoms with Crippen molar-refractivity contribution in [3.8, 4) is 0 Å². The average Bonchev–Trinajstić information content (AvgIpc) is 1.94. The Hall–Kier alpha value is -0.570. The van der Waals surface area contributed by atoms with Crippen molar-refractivity contribution in [3.05, 3.63) is 19.2 Å². The van der Waals surface area contributed by atoms with Gasteiger partial charge in [0.25, 0.3) is 5.17 Å². The fourth-order valence-electron chi connectivity index (χ4n) is 0.831. The summed E-state index contributed by atoms with van der Waals surface area (Å²) in [5.41, 5.74) is 0. The van der Waals surface area contributed by atoms with Crippen LogP contribution in [0.2, 0.25) is 0 Å². The van der Waals surface area contributed by atoms with Crippen LogP contribution in [0, 0.1) is 6.54 Å². The van der Waals surface area contributed by atoms with E-state index in [2.05, 4.69) is 6.58 Å². The van der Waals surface area contributed by atoms with Crippen LogP contribution in [0.25, 0.3) is 0 Å². The fraction of sp³-hybridized carbons (Fsp3) is 0.429. The summed E-state index contributed by atoms with van der Waals surface area (Å²) in [6, 6.07) is 0. The summed E-state index contributed by atoms with van der Waals surface area (Å²) in [5, 5.41) is 0.561.